The maximum Gasteiger partial charge on any atom is 0.324 e. The number of thiophene rings is 1. The van der Waals surface area contributed by atoms with Crippen LogP contribution in [0.1, 0.15) is 29.2 Å². The molecule has 8 heteroatoms. The number of carbonyl (C=O) groups is 1. The van der Waals surface area contributed by atoms with Gasteiger partial charge in [-0.15, -0.1) is 5.10 Å². The maximum atomic E-state index is 11.8. The minimum atomic E-state index is -0.775. The van der Waals surface area contributed by atoms with Gasteiger partial charge in [0.25, 0.3) is 0 Å². The van der Waals surface area contributed by atoms with Crippen LogP contribution in [0.15, 0.2) is 41.5 Å². The number of benzene rings is 1. The van der Waals surface area contributed by atoms with Crippen molar-refractivity contribution in [2.45, 2.75) is 20.1 Å². The number of nitrogens with zero attached hydrogens (tertiary/aromatic N) is 3. The number of amides is 1. The molecule has 7 nitrogen and oxygen atoms in total. The predicted octanol–water partition coefficient (Wildman–Crippen LogP) is 3.20. The lowest BCUT2D eigenvalue weighted by Crippen LogP contribution is -2.24. The van der Waals surface area contributed by atoms with Crippen LogP contribution in [0.4, 0.5) is 5.00 Å². The van der Waals surface area contributed by atoms with Crippen molar-refractivity contribution in [1.82, 2.24) is 5.01 Å². The van der Waals surface area contributed by atoms with Gasteiger partial charge in [0, 0.05) is 18.6 Å². The van der Waals surface area contributed by atoms with Crippen LogP contribution >= 0.6 is 11.3 Å². The van der Waals surface area contributed by atoms with E-state index < -0.39 is 11.2 Å². The molecule has 0 radical (unpaired) electrons. The van der Waals surface area contributed by atoms with Crippen molar-refractivity contribution in [2.24, 2.45) is 5.10 Å². The van der Waals surface area contributed by atoms with Crippen LogP contribution in [0.25, 0.3) is 0 Å². The van der Waals surface area contributed by atoms with Crippen LogP contribution in [0, 0.1) is 17.0 Å². The second kappa shape index (κ2) is 5.81. The van der Waals surface area contributed by atoms with E-state index in [9.17, 15) is 14.9 Å². The Labute approximate surface area is 136 Å². The first-order valence-electron chi connectivity index (χ1n) is 6.82. The van der Waals surface area contributed by atoms with Crippen LogP contribution < -0.4 is 0 Å². The molecule has 1 aliphatic heterocycles. The van der Waals surface area contributed by atoms with Crippen molar-refractivity contribution in [1.29, 1.82) is 0 Å². The van der Waals surface area contributed by atoms with Gasteiger partial charge in [-0.3, -0.25) is 14.9 Å². The van der Waals surface area contributed by atoms with Crippen LogP contribution in [-0.2, 0) is 9.53 Å². The molecule has 1 aromatic carbocycles. The summed E-state index contributed by atoms with van der Waals surface area (Å²) in [6, 6.07) is 10.5. The minimum absolute atomic E-state index is 0.00381. The summed E-state index contributed by atoms with van der Waals surface area (Å²) in [5.41, 5.74) is 1.84. The number of ether oxygens (including phenoxy) is 1. The Hall–Kier alpha value is -2.74. The lowest BCUT2D eigenvalue weighted by molar-refractivity contribution is -0.380. The topological polar surface area (TPSA) is 85.0 Å². The molecule has 0 fully saturated rings. The SMILES string of the molecule is CC(=O)N1N=C(c2ccc(C)cc2)O[C@H]1c1ccc([N+](=O)[O-])s1. The average Bonchev–Trinajstić information content (AvgIpc) is 3.14. The summed E-state index contributed by atoms with van der Waals surface area (Å²) < 4.78 is 5.78. The van der Waals surface area contributed by atoms with E-state index in [-0.39, 0.29) is 10.9 Å². The summed E-state index contributed by atoms with van der Waals surface area (Å²) in [6.45, 7) is 3.34. The highest BCUT2D eigenvalue weighted by atomic mass is 32.1. The summed E-state index contributed by atoms with van der Waals surface area (Å²) in [6.07, 6.45) is -0.775. The van der Waals surface area contributed by atoms with Gasteiger partial charge in [0.05, 0.1) is 9.80 Å². The third-order valence-corrected chi connectivity index (χ3v) is 4.37. The Kier molecular flexibility index (Phi) is 3.83. The molecule has 1 aromatic heterocycles. The van der Waals surface area contributed by atoms with Crippen molar-refractivity contribution < 1.29 is 14.5 Å². The number of rotatable bonds is 3. The fourth-order valence-corrected chi connectivity index (χ4v) is 2.98. The number of hydrogen-bond acceptors (Lipinski definition) is 6. The average molecular weight is 331 g/mol. The van der Waals surface area contributed by atoms with Crippen LogP contribution in [0.5, 0.6) is 0 Å². The van der Waals surface area contributed by atoms with Gasteiger partial charge in [0.1, 0.15) is 0 Å². The molecule has 0 aliphatic carbocycles. The molecule has 0 bridgehead atoms. The van der Waals surface area contributed by atoms with Crippen LogP contribution in [-0.4, -0.2) is 21.7 Å². The minimum Gasteiger partial charge on any atom is -0.445 e. The number of hydrogen-bond donors (Lipinski definition) is 0. The first-order valence-corrected chi connectivity index (χ1v) is 7.63. The molecule has 1 amide bonds. The molecule has 2 aromatic rings. The highest BCUT2D eigenvalue weighted by Crippen LogP contribution is 2.36. The zero-order chi connectivity index (χ0) is 16.6. The summed E-state index contributed by atoms with van der Waals surface area (Å²) in [4.78, 5) is 22.7. The van der Waals surface area contributed by atoms with Gasteiger partial charge >= 0.3 is 5.00 Å². The number of carbonyl (C=O) groups excluding carboxylic acids is 1. The van der Waals surface area contributed by atoms with E-state index >= 15 is 0 Å². The van der Waals surface area contributed by atoms with Crippen molar-refractivity contribution in [3.8, 4) is 0 Å². The van der Waals surface area contributed by atoms with Gasteiger partial charge in [0.15, 0.2) is 0 Å². The number of nitro groups is 1. The number of aryl methyl sites for hydroxylation is 1. The molecule has 1 aliphatic rings. The molecule has 23 heavy (non-hydrogen) atoms. The summed E-state index contributed by atoms with van der Waals surface area (Å²) in [7, 11) is 0. The van der Waals surface area contributed by atoms with E-state index in [1.54, 1.807) is 6.07 Å². The quantitative estimate of drug-likeness (QED) is 0.638. The zero-order valence-electron chi connectivity index (χ0n) is 12.4. The Morgan fingerprint density at radius 3 is 2.57 bits per heavy atom. The van der Waals surface area contributed by atoms with E-state index in [0.717, 1.165) is 22.5 Å². The third-order valence-electron chi connectivity index (χ3n) is 3.30. The van der Waals surface area contributed by atoms with Gasteiger partial charge in [-0.05, 0) is 25.1 Å². The van der Waals surface area contributed by atoms with E-state index in [4.69, 9.17) is 4.74 Å². The molecule has 118 valence electrons. The Morgan fingerprint density at radius 1 is 1.30 bits per heavy atom. The standard InChI is InChI=1S/C15H13N3O4S/c1-9-3-5-11(6-4-9)14-16-17(10(2)19)15(22-14)12-7-8-13(23-12)18(20)21/h3-8,15H,1-2H3/t15-/m0/s1. The molecule has 0 saturated heterocycles. The Morgan fingerprint density at radius 2 is 2.00 bits per heavy atom. The van der Waals surface area contributed by atoms with Gasteiger partial charge in [-0.1, -0.05) is 29.0 Å². The molecule has 3 rings (SSSR count). The molecule has 0 saturated carbocycles. The first-order chi connectivity index (χ1) is 11.0. The van der Waals surface area contributed by atoms with E-state index in [1.165, 1.54) is 18.0 Å². The van der Waals surface area contributed by atoms with Crippen LogP contribution in [0.3, 0.4) is 0 Å². The largest absolute Gasteiger partial charge is 0.445 e. The third kappa shape index (κ3) is 2.93. The van der Waals surface area contributed by atoms with E-state index in [0.29, 0.717) is 10.8 Å². The molecule has 0 unspecified atom stereocenters. The van der Waals surface area contributed by atoms with Crippen LogP contribution in [0.2, 0.25) is 0 Å². The summed E-state index contributed by atoms with van der Waals surface area (Å²) in [5, 5.41) is 16.2. The second-order valence-corrected chi connectivity index (χ2v) is 6.13. The van der Waals surface area contributed by atoms with Crippen molar-refractivity contribution in [2.75, 3.05) is 0 Å². The van der Waals surface area contributed by atoms with Crippen molar-refractivity contribution in [3.63, 3.8) is 0 Å². The summed E-state index contributed by atoms with van der Waals surface area (Å²) in [5.74, 6) is 0.0226. The zero-order valence-corrected chi connectivity index (χ0v) is 13.2. The Balaban J connectivity index is 1.91. The van der Waals surface area contributed by atoms with E-state index in [2.05, 4.69) is 5.10 Å². The maximum absolute atomic E-state index is 11.8. The fraction of sp³-hybridized carbons (Fsp3) is 0.200. The van der Waals surface area contributed by atoms with Crippen molar-refractivity contribution >= 4 is 28.1 Å². The predicted molar refractivity (Wildman–Crippen MR) is 85.0 cm³/mol. The molecular weight excluding hydrogens is 318 g/mol. The smallest absolute Gasteiger partial charge is 0.324 e. The fourth-order valence-electron chi connectivity index (χ4n) is 2.14. The molecular formula is C15H13N3O4S. The lowest BCUT2D eigenvalue weighted by Gasteiger charge is -2.17. The first kappa shape index (κ1) is 15.2. The van der Waals surface area contributed by atoms with E-state index in [1.807, 2.05) is 31.2 Å². The second-order valence-electron chi connectivity index (χ2n) is 5.04. The monoisotopic (exact) mass is 331 g/mol. The number of hydrazone groups is 1. The highest BCUT2D eigenvalue weighted by molar-refractivity contribution is 7.15. The van der Waals surface area contributed by atoms with Gasteiger partial charge in [0.2, 0.25) is 18.0 Å². The Bertz CT molecular complexity index is 797. The van der Waals surface area contributed by atoms with Gasteiger partial charge in [-0.25, -0.2) is 0 Å². The molecule has 2 heterocycles. The lowest BCUT2D eigenvalue weighted by atomic mass is 10.1. The molecule has 0 spiro atoms. The molecule has 1 atom stereocenters. The normalized spacial score (nSPS) is 16.9. The summed E-state index contributed by atoms with van der Waals surface area (Å²) >= 11 is 0.968. The highest BCUT2D eigenvalue weighted by Gasteiger charge is 2.35. The molecule has 0 N–H and O–H groups in total. The van der Waals surface area contributed by atoms with Gasteiger partial charge < -0.3 is 4.74 Å². The van der Waals surface area contributed by atoms with Gasteiger partial charge in [-0.2, -0.15) is 5.01 Å². The van der Waals surface area contributed by atoms with Crippen molar-refractivity contribution in [3.05, 3.63) is 62.5 Å².